The van der Waals surface area contributed by atoms with Gasteiger partial charge in [-0.15, -0.1) is 0 Å². The molecule has 0 radical (unpaired) electrons. The van der Waals surface area contributed by atoms with E-state index in [1.807, 2.05) is 0 Å². The highest BCUT2D eigenvalue weighted by Gasteiger charge is 2.41. The van der Waals surface area contributed by atoms with Gasteiger partial charge < -0.3 is 16.0 Å². The fourth-order valence-corrected chi connectivity index (χ4v) is 3.05. The Morgan fingerprint density at radius 1 is 1.28 bits per heavy atom. The van der Waals surface area contributed by atoms with Crippen LogP contribution in [0.5, 0.6) is 0 Å². The lowest BCUT2D eigenvalue weighted by Gasteiger charge is -2.41. The Morgan fingerprint density at radius 2 is 1.88 bits per heavy atom. The summed E-state index contributed by atoms with van der Waals surface area (Å²) in [6.07, 6.45) is 0.335. The van der Waals surface area contributed by atoms with Crippen LogP contribution in [0.25, 0.3) is 0 Å². The second-order valence-corrected chi connectivity index (χ2v) is 6.04. The van der Waals surface area contributed by atoms with Crippen LogP contribution >= 0.6 is 0 Å². The van der Waals surface area contributed by atoms with E-state index in [0.717, 1.165) is 17.0 Å². The second-order valence-electron chi connectivity index (χ2n) is 6.04. The monoisotopic (exact) mass is 350 g/mol. The number of piperidine rings is 1. The Balaban J connectivity index is 2.18. The summed E-state index contributed by atoms with van der Waals surface area (Å²) in [5.41, 5.74) is 3.91. The Hall–Kier alpha value is -2.53. The van der Waals surface area contributed by atoms with Gasteiger partial charge in [0.05, 0.1) is 6.07 Å². The molecule has 0 bridgehead atoms. The molecule has 3 N–H and O–H groups in total. The van der Waals surface area contributed by atoms with Crippen molar-refractivity contribution in [2.75, 3.05) is 19.6 Å². The quantitative estimate of drug-likeness (QED) is 0.795. The molecule has 1 aliphatic rings. The summed E-state index contributed by atoms with van der Waals surface area (Å²) in [7, 11) is 0. The minimum absolute atomic E-state index is 0.160. The number of nitrogens with two attached hydrogens (primary N) is 1. The summed E-state index contributed by atoms with van der Waals surface area (Å²) < 4.78 is 27.4. The van der Waals surface area contributed by atoms with Gasteiger partial charge in [0, 0.05) is 12.0 Å². The lowest BCUT2D eigenvalue weighted by Crippen LogP contribution is -2.58. The van der Waals surface area contributed by atoms with Crippen LogP contribution in [0.3, 0.4) is 0 Å². The summed E-state index contributed by atoms with van der Waals surface area (Å²) in [5, 5.41) is 12.7. The van der Waals surface area contributed by atoms with Gasteiger partial charge in [0.15, 0.2) is 0 Å². The van der Waals surface area contributed by atoms with E-state index < -0.39 is 35.5 Å². The number of hydrogen-bond acceptors (Lipinski definition) is 4. The van der Waals surface area contributed by atoms with Crippen molar-refractivity contribution in [1.29, 1.82) is 5.26 Å². The molecule has 1 heterocycles. The number of carbonyl (C=O) groups is 2. The highest BCUT2D eigenvalue weighted by atomic mass is 19.1. The highest BCUT2D eigenvalue weighted by molar-refractivity contribution is 5.85. The van der Waals surface area contributed by atoms with Crippen molar-refractivity contribution in [2.45, 2.75) is 31.2 Å². The van der Waals surface area contributed by atoms with E-state index in [1.54, 1.807) is 0 Å². The Labute approximate surface area is 144 Å². The molecule has 25 heavy (non-hydrogen) atoms. The third-order valence-electron chi connectivity index (χ3n) is 4.42. The van der Waals surface area contributed by atoms with Gasteiger partial charge >= 0.3 is 0 Å². The first kappa shape index (κ1) is 18.8. The number of amides is 2. The van der Waals surface area contributed by atoms with Gasteiger partial charge in [0.25, 0.3) is 0 Å². The molecule has 2 rings (SSSR count). The first-order valence-electron chi connectivity index (χ1n) is 8.03. The van der Waals surface area contributed by atoms with Crippen molar-refractivity contribution in [3.8, 4) is 6.07 Å². The molecule has 1 aromatic rings. The summed E-state index contributed by atoms with van der Waals surface area (Å²) in [5.74, 6) is -2.72. The Morgan fingerprint density at radius 3 is 2.40 bits per heavy atom. The first-order valence-corrected chi connectivity index (χ1v) is 8.03. The fourth-order valence-electron chi connectivity index (χ4n) is 3.05. The van der Waals surface area contributed by atoms with Crippen molar-refractivity contribution < 1.29 is 18.4 Å². The van der Waals surface area contributed by atoms with Gasteiger partial charge in [-0.1, -0.05) is 6.07 Å². The molecule has 134 valence electrons. The highest BCUT2D eigenvalue weighted by Crippen LogP contribution is 2.27. The van der Waals surface area contributed by atoms with Gasteiger partial charge in [0.2, 0.25) is 11.8 Å². The topological polar surface area (TPSA) is 99.2 Å². The maximum atomic E-state index is 13.7. The van der Waals surface area contributed by atoms with Crippen LogP contribution in [0.4, 0.5) is 8.78 Å². The normalized spacial score (nSPS) is 16.0. The predicted molar refractivity (Wildman–Crippen MR) is 86.0 cm³/mol. The molecule has 8 heteroatoms. The number of rotatable bonds is 6. The van der Waals surface area contributed by atoms with E-state index in [4.69, 9.17) is 5.73 Å². The number of nitrogens with zero attached hydrogens (tertiary/aromatic N) is 2. The number of primary amides is 1. The number of carbonyl (C=O) groups excluding carboxylic acids is 2. The molecule has 1 saturated heterocycles. The molecule has 1 aromatic carbocycles. The van der Waals surface area contributed by atoms with Crippen LogP contribution in [-0.2, 0) is 16.0 Å². The Kier molecular flexibility index (Phi) is 6.04. The third-order valence-corrected chi connectivity index (χ3v) is 4.42. The van der Waals surface area contributed by atoms with Crippen molar-refractivity contribution in [1.82, 2.24) is 10.2 Å². The third kappa shape index (κ3) is 4.31. The Bertz CT molecular complexity index is 676. The molecule has 0 atom stereocenters. The van der Waals surface area contributed by atoms with Crippen molar-refractivity contribution in [3.63, 3.8) is 0 Å². The number of halogens is 2. The molecule has 6 nitrogen and oxygen atoms in total. The van der Waals surface area contributed by atoms with Crippen LogP contribution in [0.2, 0.25) is 0 Å². The molecule has 1 fully saturated rings. The van der Waals surface area contributed by atoms with Gasteiger partial charge in [-0.3, -0.25) is 9.59 Å². The second kappa shape index (κ2) is 8.03. The van der Waals surface area contributed by atoms with E-state index in [0.29, 0.717) is 25.9 Å². The molecule has 2 amide bonds. The van der Waals surface area contributed by atoms with E-state index in [2.05, 4.69) is 11.4 Å². The minimum atomic E-state index is -1.13. The van der Waals surface area contributed by atoms with Crippen molar-refractivity contribution in [3.05, 3.63) is 35.4 Å². The van der Waals surface area contributed by atoms with E-state index >= 15 is 0 Å². The van der Waals surface area contributed by atoms with Crippen LogP contribution < -0.4 is 11.1 Å². The molecule has 0 saturated carbocycles. The van der Waals surface area contributed by atoms with Gasteiger partial charge in [0.1, 0.15) is 23.7 Å². The summed E-state index contributed by atoms with van der Waals surface area (Å²) >= 11 is 0. The minimum Gasteiger partial charge on any atom is -0.368 e. The average molecular weight is 350 g/mol. The predicted octanol–water partition coefficient (Wildman–Crippen LogP) is 0.857. The molecular weight excluding hydrogens is 330 g/mol. The van der Waals surface area contributed by atoms with Crippen LogP contribution in [0, 0.1) is 23.0 Å². The maximum absolute atomic E-state index is 13.7. The molecule has 1 aliphatic heterocycles. The maximum Gasteiger partial charge on any atom is 0.237 e. The van der Waals surface area contributed by atoms with Gasteiger partial charge in [-0.2, -0.15) is 5.26 Å². The average Bonchev–Trinajstić information content (AvgIpc) is 2.59. The zero-order chi connectivity index (χ0) is 18.4. The van der Waals surface area contributed by atoms with Crippen LogP contribution in [0.1, 0.15) is 24.8 Å². The van der Waals surface area contributed by atoms with E-state index in [9.17, 15) is 23.6 Å². The lowest BCUT2D eigenvalue weighted by atomic mass is 9.87. The van der Waals surface area contributed by atoms with Crippen LogP contribution in [0.15, 0.2) is 18.2 Å². The van der Waals surface area contributed by atoms with E-state index in [1.165, 1.54) is 6.07 Å². The smallest absolute Gasteiger partial charge is 0.237 e. The largest absolute Gasteiger partial charge is 0.368 e. The zero-order valence-electron chi connectivity index (χ0n) is 13.7. The first-order chi connectivity index (χ1) is 11.9. The van der Waals surface area contributed by atoms with Crippen LogP contribution in [-0.4, -0.2) is 41.9 Å². The standard InChI is InChI=1S/C17H20F2N4O2/c18-13-2-1-3-14(19)12(13)4-5-16(25)23(10-15(21)24)17(11-20)6-8-22-9-7-17/h1-3,22H,4-10H2,(H2,21,24). The van der Waals surface area contributed by atoms with Crippen molar-refractivity contribution in [2.24, 2.45) is 5.73 Å². The number of nitriles is 1. The lowest BCUT2D eigenvalue weighted by molar-refractivity contribution is -0.140. The summed E-state index contributed by atoms with van der Waals surface area (Å²) in [6.45, 7) is 0.655. The SMILES string of the molecule is N#CC1(N(CC(N)=O)C(=O)CCc2c(F)cccc2F)CCNCC1. The number of nitrogens with one attached hydrogen (secondary N) is 1. The number of hydrogen-bond donors (Lipinski definition) is 2. The molecule has 0 aliphatic carbocycles. The fraction of sp³-hybridized carbons (Fsp3) is 0.471. The molecule has 0 unspecified atom stereocenters. The molecule has 0 aromatic heterocycles. The van der Waals surface area contributed by atoms with E-state index in [-0.39, 0.29) is 18.4 Å². The zero-order valence-corrected chi connectivity index (χ0v) is 13.7. The van der Waals surface area contributed by atoms with Gasteiger partial charge in [-0.25, -0.2) is 8.78 Å². The number of benzene rings is 1. The summed E-state index contributed by atoms with van der Waals surface area (Å²) in [4.78, 5) is 25.2. The summed E-state index contributed by atoms with van der Waals surface area (Å²) in [6, 6.07) is 5.62. The molecular formula is C17H20F2N4O2. The van der Waals surface area contributed by atoms with Gasteiger partial charge in [-0.05, 0) is 44.5 Å². The molecule has 0 spiro atoms. The van der Waals surface area contributed by atoms with Crippen molar-refractivity contribution >= 4 is 11.8 Å².